The number of tetrazole rings is 1. The number of furan rings is 1. The summed E-state index contributed by atoms with van der Waals surface area (Å²) in [6.45, 7) is -0.139. The number of benzene rings is 2. The molecule has 0 spiro atoms. The van der Waals surface area contributed by atoms with E-state index in [2.05, 4.69) is 20.7 Å². The fraction of sp³-hybridized carbons (Fsp3) is 0.0800. The van der Waals surface area contributed by atoms with E-state index in [0.717, 1.165) is 16.9 Å². The summed E-state index contributed by atoms with van der Waals surface area (Å²) in [5.74, 6) is 1.25. The van der Waals surface area contributed by atoms with Gasteiger partial charge in [0, 0.05) is 23.3 Å². The number of ether oxygens (including phenoxy) is 2. The minimum atomic E-state index is -0.673. The fourth-order valence-corrected chi connectivity index (χ4v) is 3.32. The molecule has 0 N–H and O–H groups in total. The highest BCUT2D eigenvalue weighted by molar-refractivity contribution is 6.15. The first kappa shape index (κ1) is 21.8. The second-order valence-corrected chi connectivity index (χ2v) is 7.31. The molecule has 174 valence electrons. The molecule has 0 atom stereocenters. The van der Waals surface area contributed by atoms with E-state index in [0.29, 0.717) is 23.0 Å². The molecule has 10 heteroatoms. The van der Waals surface area contributed by atoms with Gasteiger partial charge in [-0.25, -0.2) is 4.79 Å². The molecule has 3 heterocycles. The molecule has 35 heavy (non-hydrogen) atoms. The smallest absolute Gasteiger partial charge is 0.357 e. The Bertz CT molecular complexity index is 1440. The normalized spacial score (nSPS) is 11.4. The van der Waals surface area contributed by atoms with Crippen LogP contribution in [0.15, 0.2) is 88.0 Å². The van der Waals surface area contributed by atoms with Gasteiger partial charge < -0.3 is 18.4 Å². The van der Waals surface area contributed by atoms with Gasteiger partial charge in [-0.2, -0.15) is 4.68 Å². The van der Waals surface area contributed by atoms with Gasteiger partial charge in [-0.3, -0.25) is 0 Å². The second-order valence-electron chi connectivity index (χ2n) is 7.31. The average molecular weight is 469 g/mol. The predicted molar refractivity (Wildman–Crippen MR) is 124 cm³/mol. The molecule has 0 radical (unpaired) electrons. The van der Waals surface area contributed by atoms with Crippen LogP contribution < -0.4 is 4.74 Å². The van der Waals surface area contributed by atoms with Crippen molar-refractivity contribution in [2.24, 2.45) is 0 Å². The van der Waals surface area contributed by atoms with Crippen LogP contribution in [0.2, 0.25) is 0 Å². The molecular formula is C25H19N5O5. The Morgan fingerprint density at radius 2 is 1.86 bits per heavy atom. The van der Waals surface area contributed by atoms with Crippen molar-refractivity contribution < 1.29 is 23.2 Å². The minimum absolute atomic E-state index is 0.0682. The maximum Gasteiger partial charge on any atom is 0.357 e. The van der Waals surface area contributed by atoms with Crippen LogP contribution in [0.1, 0.15) is 11.5 Å². The van der Waals surface area contributed by atoms with E-state index in [9.17, 15) is 4.79 Å². The van der Waals surface area contributed by atoms with Crippen molar-refractivity contribution >= 4 is 17.7 Å². The molecule has 0 saturated heterocycles. The summed E-state index contributed by atoms with van der Waals surface area (Å²) in [5, 5.41) is 15.9. The first-order valence-electron chi connectivity index (χ1n) is 10.6. The van der Waals surface area contributed by atoms with E-state index in [1.54, 1.807) is 25.3 Å². The zero-order valence-electron chi connectivity index (χ0n) is 18.6. The summed E-state index contributed by atoms with van der Waals surface area (Å²) in [6.07, 6.45) is 3.01. The largest absolute Gasteiger partial charge is 0.497 e. The Balaban J connectivity index is 1.37. The molecule has 0 saturated carbocycles. The number of carbonyl (C=O) groups is 1. The first-order valence-corrected chi connectivity index (χ1v) is 10.6. The number of hydrogen-bond donors (Lipinski definition) is 0. The Morgan fingerprint density at radius 3 is 2.60 bits per heavy atom. The maximum atomic E-state index is 13.1. The van der Waals surface area contributed by atoms with Crippen molar-refractivity contribution in [2.75, 3.05) is 7.11 Å². The Hall–Kier alpha value is -4.99. The van der Waals surface area contributed by atoms with Gasteiger partial charge in [-0.15, -0.1) is 5.10 Å². The SMILES string of the molecule is COc1ccc(-c2cc(COC(=O)/C(=C/c3ccco3)n3nnnc3-c3ccccc3)on2)cc1. The van der Waals surface area contributed by atoms with E-state index >= 15 is 0 Å². The lowest BCUT2D eigenvalue weighted by atomic mass is 10.1. The van der Waals surface area contributed by atoms with Gasteiger partial charge >= 0.3 is 5.97 Å². The van der Waals surface area contributed by atoms with Crippen molar-refractivity contribution in [3.63, 3.8) is 0 Å². The van der Waals surface area contributed by atoms with E-state index in [4.69, 9.17) is 18.4 Å². The second kappa shape index (κ2) is 9.87. The third kappa shape index (κ3) is 4.86. The quantitative estimate of drug-likeness (QED) is 0.241. The van der Waals surface area contributed by atoms with E-state index in [-0.39, 0.29) is 12.3 Å². The third-order valence-electron chi connectivity index (χ3n) is 5.05. The summed E-state index contributed by atoms with van der Waals surface area (Å²) in [7, 11) is 1.60. The van der Waals surface area contributed by atoms with Crippen molar-refractivity contribution in [2.45, 2.75) is 6.61 Å². The summed E-state index contributed by atoms with van der Waals surface area (Å²) in [6, 6.07) is 21.8. The topological polar surface area (TPSA) is 118 Å². The standard InChI is InChI=1S/C25H19N5O5/c1-32-19-11-9-17(10-12-19)22-14-21(35-27-22)16-34-25(31)23(15-20-8-5-13-33-20)30-24(26-28-29-30)18-6-3-2-4-7-18/h2-15H,16H2,1H3/b23-15-. The van der Waals surface area contributed by atoms with Gasteiger partial charge in [0.2, 0.25) is 0 Å². The molecule has 2 aromatic carbocycles. The molecule has 0 bridgehead atoms. The van der Waals surface area contributed by atoms with E-state index in [1.807, 2.05) is 54.6 Å². The van der Waals surface area contributed by atoms with Crippen LogP contribution in [0.3, 0.4) is 0 Å². The van der Waals surface area contributed by atoms with Crippen LogP contribution in [-0.4, -0.2) is 38.4 Å². The lowest BCUT2D eigenvalue weighted by Gasteiger charge is -2.09. The van der Waals surface area contributed by atoms with Gasteiger partial charge in [-0.05, 0) is 46.8 Å². The van der Waals surface area contributed by atoms with Gasteiger partial charge in [0.05, 0.1) is 13.4 Å². The number of nitrogens with zero attached hydrogens (tertiary/aromatic N) is 5. The summed E-state index contributed by atoms with van der Waals surface area (Å²) >= 11 is 0. The number of rotatable bonds is 8. The Kier molecular flexibility index (Phi) is 6.16. The van der Waals surface area contributed by atoms with Crippen molar-refractivity contribution in [3.05, 3.63) is 90.6 Å². The van der Waals surface area contributed by atoms with Gasteiger partial charge in [0.1, 0.15) is 17.2 Å². The molecule has 0 aliphatic heterocycles. The average Bonchev–Trinajstić information content (AvgIpc) is 3.68. The highest BCUT2D eigenvalue weighted by Crippen LogP contribution is 2.24. The lowest BCUT2D eigenvalue weighted by Crippen LogP contribution is -2.14. The number of aromatic nitrogens is 5. The predicted octanol–water partition coefficient (Wildman–Crippen LogP) is 4.34. The molecule has 0 amide bonds. The molecule has 3 aromatic heterocycles. The highest BCUT2D eigenvalue weighted by atomic mass is 16.6. The molecule has 5 aromatic rings. The molecule has 5 rings (SSSR count). The van der Waals surface area contributed by atoms with Crippen molar-refractivity contribution in [3.8, 4) is 28.4 Å². The molecule has 0 aliphatic carbocycles. The van der Waals surface area contributed by atoms with Crippen molar-refractivity contribution in [1.29, 1.82) is 0 Å². The molecule has 10 nitrogen and oxygen atoms in total. The number of carbonyl (C=O) groups excluding carboxylic acids is 1. The van der Waals surface area contributed by atoms with E-state index in [1.165, 1.54) is 17.0 Å². The number of esters is 1. The van der Waals surface area contributed by atoms with Gasteiger partial charge in [0.15, 0.2) is 23.9 Å². The summed E-state index contributed by atoms with van der Waals surface area (Å²) in [4.78, 5) is 13.1. The van der Waals surface area contributed by atoms with E-state index < -0.39 is 5.97 Å². The van der Waals surface area contributed by atoms with Crippen LogP contribution in [0.5, 0.6) is 5.75 Å². The Morgan fingerprint density at radius 1 is 1.03 bits per heavy atom. The minimum Gasteiger partial charge on any atom is -0.497 e. The summed E-state index contributed by atoms with van der Waals surface area (Å²) < 4.78 is 22.7. The highest BCUT2D eigenvalue weighted by Gasteiger charge is 2.22. The monoisotopic (exact) mass is 469 g/mol. The zero-order valence-corrected chi connectivity index (χ0v) is 18.6. The molecule has 0 aliphatic rings. The van der Waals surface area contributed by atoms with Crippen LogP contribution in [0, 0.1) is 0 Å². The summed E-state index contributed by atoms with van der Waals surface area (Å²) in [5.41, 5.74) is 2.25. The number of hydrogen-bond acceptors (Lipinski definition) is 9. The maximum absolute atomic E-state index is 13.1. The first-order chi connectivity index (χ1) is 17.2. The van der Waals surface area contributed by atoms with Crippen molar-refractivity contribution in [1.82, 2.24) is 25.4 Å². The molecule has 0 unspecified atom stereocenters. The van der Waals surface area contributed by atoms with Crippen LogP contribution in [-0.2, 0) is 16.1 Å². The Labute approximate surface area is 199 Å². The van der Waals surface area contributed by atoms with Crippen LogP contribution in [0.25, 0.3) is 34.4 Å². The lowest BCUT2D eigenvalue weighted by molar-refractivity contribution is -0.138. The molecule has 0 fully saturated rings. The zero-order chi connectivity index (χ0) is 24.0. The molecular weight excluding hydrogens is 450 g/mol. The fourth-order valence-electron chi connectivity index (χ4n) is 3.32. The number of methoxy groups -OCH3 is 1. The van der Waals surface area contributed by atoms with Crippen LogP contribution in [0.4, 0.5) is 0 Å². The van der Waals surface area contributed by atoms with Gasteiger partial charge in [-0.1, -0.05) is 35.5 Å². The van der Waals surface area contributed by atoms with Crippen LogP contribution >= 0.6 is 0 Å². The third-order valence-corrected chi connectivity index (χ3v) is 5.05. The van der Waals surface area contributed by atoms with Gasteiger partial charge in [0.25, 0.3) is 0 Å².